The van der Waals surface area contributed by atoms with Gasteiger partial charge in [0.05, 0.1) is 5.60 Å². The Morgan fingerprint density at radius 2 is 2.11 bits per heavy atom. The zero-order valence-electron chi connectivity index (χ0n) is 6.27. The summed E-state index contributed by atoms with van der Waals surface area (Å²) in [7, 11) is 1.67. The molecule has 52 valence electrons. The second-order valence-electron chi connectivity index (χ2n) is 2.60. The van der Waals surface area contributed by atoms with Gasteiger partial charge in [0.1, 0.15) is 0 Å². The van der Waals surface area contributed by atoms with E-state index >= 15 is 0 Å². The van der Waals surface area contributed by atoms with Crippen LogP contribution in [-0.4, -0.2) is 19.3 Å². The molecule has 0 aliphatic heterocycles. The predicted octanol–water partition coefficient (Wildman–Crippen LogP) is 1.72. The normalized spacial score (nSPS) is 10.9. The third kappa shape index (κ3) is 3.99. The van der Waals surface area contributed by atoms with Crippen LogP contribution in [0.15, 0.2) is 0 Å². The Bertz CT molecular complexity index is 113. The van der Waals surface area contributed by atoms with Gasteiger partial charge in [0.2, 0.25) is 6.54 Å². The maximum atomic E-state index is 6.53. The predicted molar refractivity (Wildman–Crippen MR) is 37.2 cm³/mol. The van der Waals surface area contributed by atoms with E-state index in [4.69, 9.17) is 11.3 Å². The van der Waals surface area contributed by atoms with Crippen LogP contribution in [0.1, 0.15) is 20.3 Å². The lowest BCUT2D eigenvalue weighted by molar-refractivity contribution is 0.0191. The Balaban J connectivity index is 3.48. The lowest BCUT2D eigenvalue weighted by atomic mass is 10.1. The van der Waals surface area contributed by atoms with Gasteiger partial charge in [0, 0.05) is 13.5 Å². The van der Waals surface area contributed by atoms with Crippen LogP contribution >= 0.6 is 0 Å². The molecule has 0 aliphatic rings. The number of hydrogen-bond acceptors (Lipinski definition) is 1. The molecule has 0 heterocycles. The molecule has 0 N–H and O–H groups in total. The molecule has 9 heavy (non-hydrogen) atoms. The molecule has 0 aromatic heterocycles. The SMILES string of the molecule is [C-]#[N+]CCC(C)(C)OC. The molecule has 0 aromatic rings. The minimum atomic E-state index is -0.120. The maximum absolute atomic E-state index is 6.53. The molecule has 0 spiro atoms. The molecule has 0 rings (SSSR count). The van der Waals surface area contributed by atoms with E-state index in [1.54, 1.807) is 7.11 Å². The highest BCUT2D eigenvalue weighted by Gasteiger charge is 2.16. The molecule has 0 amide bonds. The summed E-state index contributed by atoms with van der Waals surface area (Å²) in [6, 6.07) is 0. The Morgan fingerprint density at radius 3 is 2.44 bits per heavy atom. The van der Waals surface area contributed by atoms with Crippen LogP contribution in [0, 0.1) is 6.57 Å². The summed E-state index contributed by atoms with van der Waals surface area (Å²) in [5.74, 6) is 0. The van der Waals surface area contributed by atoms with Gasteiger partial charge in [0.15, 0.2) is 0 Å². The highest BCUT2D eigenvalue weighted by Crippen LogP contribution is 2.11. The molecule has 0 fully saturated rings. The largest absolute Gasteiger partial charge is 0.379 e. The Morgan fingerprint density at radius 1 is 1.56 bits per heavy atom. The van der Waals surface area contributed by atoms with E-state index in [1.165, 1.54) is 0 Å². The van der Waals surface area contributed by atoms with Gasteiger partial charge in [-0.15, -0.1) is 0 Å². The monoisotopic (exact) mass is 127 g/mol. The minimum absolute atomic E-state index is 0.120. The average molecular weight is 127 g/mol. The van der Waals surface area contributed by atoms with Crippen LogP contribution in [0.2, 0.25) is 0 Å². The summed E-state index contributed by atoms with van der Waals surface area (Å²) in [5, 5.41) is 0. The number of hydrogen-bond donors (Lipinski definition) is 0. The molecule has 0 unspecified atom stereocenters. The Labute approximate surface area is 56.6 Å². The van der Waals surface area contributed by atoms with Gasteiger partial charge in [-0.05, 0) is 13.8 Å². The number of nitrogens with zero attached hydrogens (tertiary/aromatic N) is 1. The molecule has 2 nitrogen and oxygen atoms in total. The first-order valence-corrected chi connectivity index (χ1v) is 3.01. The molecule has 2 heteroatoms. The summed E-state index contributed by atoms with van der Waals surface area (Å²) in [5.41, 5.74) is -0.120. The van der Waals surface area contributed by atoms with Gasteiger partial charge in [-0.3, -0.25) is 0 Å². The van der Waals surface area contributed by atoms with Crippen molar-refractivity contribution in [3.05, 3.63) is 11.4 Å². The van der Waals surface area contributed by atoms with Crippen molar-refractivity contribution in [2.24, 2.45) is 0 Å². The van der Waals surface area contributed by atoms with E-state index in [9.17, 15) is 0 Å². The number of methoxy groups -OCH3 is 1. The van der Waals surface area contributed by atoms with Crippen molar-refractivity contribution < 1.29 is 4.74 Å². The van der Waals surface area contributed by atoms with E-state index < -0.39 is 0 Å². The molecular weight excluding hydrogens is 114 g/mol. The van der Waals surface area contributed by atoms with Crippen molar-refractivity contribution in [1.29, 1.82) is 0 Å². The highest BCUT2D eigenvalue weighted by molar-refractivity contribution is 4.73. The van der Waals surface area contributed by atoms with Gasteiger partial charge in [-0.2, -0.15) is 0 Å². The summed E-state index contributed by atoms with van der Waals surface area (Å²) < 4.78 is 5.10. The maximum Gasteiger partial charge on any atom is 0.217 e. The zero-order chi connectivity index (χ0) is 7.33. The van der Waals surface area contributed by atoms with E-state index in [0.717, 1.165) is 6.42 Å². The molecule has 0 atom stereocenters. The lowest BCUT2D eigenvalue weighted by Gasteiger charge is -2.19. The lowest BCUT2D eigenvalue weighted by Crippen LogP contribution is -2.22. The van der Waals surface area contributed by atoms with Crippen LogP contribution in [-0.2, 0) is 4.74 Å². The molecule has 0 radical (unpaired) electrons. The summed E-state index contributed by atoms with van der Waals surface area (Å²) in [6.07, 6.45) is 0.812. The van der Waals surface area contributed by atoms with Gasteiger partial charge < -0.3 is 9.58 Å². The Hall–Kier alpha value is -0.550. The topological polar surface area (TPSA) is 13.6 Å². The van der Waals surface area contributed by atoms with Gasteiger partial charge in [0.25, 0.3) is 0 Å². The van der Waals surface area contributed by atoms with E-state index in [1.807, 2.05) is 13.8 Å². The van der Waals surface area contributed by atoms with Gasteiger partial charge >= 0.3 is 0 Å². The first-order chi connectivity index (χ1) is 4.12. The van der Waals surface area contributed by atoms with Crippen molar-refractivity contribution in [3.8, 4) is 0 Å². The standard InChI is InChI=1S/C7H13NO/c1-7(2,9-4)5-6-8-3/h5-6H2,1-2,4H3. The molecule has 0 saturated heterocycles. The summed E-state index contributed by atoms with van der Waals surface area (Å²) in [4.78, 5) is 3.24. The van der Waals surface area contributed by atoms with Crippen molar-refractivity contribution in [2.45, 2.75) is 25.9 Å². The number of rotatable bonds is 3. The van der Waals surface area contributed by atoms with Crippen LogP contribution < -0.4 is 0 Å². The van der Waals surface area contributed by atoms with Crippen LogP contribution in [0.5, 0.6) is 0 Å². The first kappa shape index (κ1) is 8.45. The Kier molecular flexibility index (Phi) is 3.26. The second kappa shape index (κ2) is 3.47. The van der Waals surface area contributed by atoms with Crippen molar-refractivity contribution >= 4 is 0 Å². The van der Waals surface area contributed by atoms with Gasteiger partial charge in [-0.1, -0.05) is 0 Å². The average Bonchev–Trinajstić information content (AvgIpc) is 1.84. The first-order valence-electron chi connectivity index (χ1n) is 3.01. The van der Waals surface area contributed by atoms with E-state index in [2.05, 4.69) is 4.85 Å². The van der Waals surface area contributed by atoms with Crippen LogP contribution in [0.4, 0.5) is 0 Å². The fraction of sp³-hybridized carbons (Fsp3) is 0.857. The van der Waals surface area contributed by atoms with Crippen molar-refractivity contribution in [2.75, 3.05) is 13.7 Å². The van der Waals surface area contributed by atoms with E-state index in [0.29, 0.717) is 6.54 Å². The van der Waals surface area contributed by atoms with E-state index in [-0.39, 0.29) is 5.60 Å². The zero-order valence-corrected chi connectivity index (χ0v) is 6.27. The molecule has 0 saturated carbocycles. The van der Waals surface area contributed by atoms with Gasteiger partial charge in [-0.25, -0.2) is 6.57 Å². The fourth-order valence-electron chi connectivity index (χ4n) is 0.427. The minimum Gasteiger partial charge on any atom is -0.379 e. The van der Waals surface area contributed by atoms with Crippen LogP contribution in [0.3, 0.4) is 0 Å². The summed E-state index contributed by atoms with van der Waals surface area (Å²) in [6.45, 7) is 11.1. The second-order valence-corrected chi connectivity index (χ2v) is 2.60. The molecule has 0 aliphatic carbocycles. The molecule has 0 bridgehead atoms. The quantitative estimate of drug-likeness (QED) is 0.526. The van der Waals surface area contributed by atoms with Crippen molar-refractivity contribution in [3.63, 3.8) is 0 Å². The highest BCUT2D eigenvalue weighted by atomic mass is 16.5. The fourth-order valence-corrected chi connectivity index (χ4v) is 0.427. The van der Waals surface area contributed by atoms with Crippen LogP contribution in [0.25, 0.3) is 4.85 Å². The molecular formula is C7H13NO. The smallest absolute Gasteiger partial charge is 0.217 e. The molecule has 0 aromatic carbocycles. The summed E-state index contributed by atoms with van der Waals surface area (Å²) >= 11 is 0. The third-order valence-corrected chi connectivity index (χ3v) is 1.38. The van der Waals surface area contributed by atoms with Crippen molar-refractivity contribution in [1.82, 2.24) is 0 Å². The number of ether oxygens (including phenoxy) is 1. The third-order valence-electron chi connectivity index (χ3n) is 1.38.